The summed E-state index contributed by atoms with van der Waals surface area (Å²) < 4.78 is 16.6. The molecule has 3 atom stereocenters. The molecule has 4 rings (SSSR count). The second-order valence-corrected chi connectivity index (χ2v) is 11.7. The van der Waals surface area contributed by atoms with Crippen molar-refractivity contribution in [3.63, 3.8) is 0 Å². The first-order chi connectivity index (χ1) is 19.0. The number of benzene rings is 1. The summed E-state index contributed by atoms with van der Waals surface area (Å²) in [6.07, 6.45) is 3.42. The lowest BCUT2D eigenvalue weighted by atomic mass is 9.88. The number of nitrogens with zero attached hydrogens (tertiary/aromatic N) is 3. The smallest absolute Gasteiger partial charge is 0.223 e. The number of carbonyl (C=O) groups is 1. The van der Waals surface area contributed by atoms with E-state index >= 15 is 0 Å². The van der Waals surface area contributed by atoms with Gasteiger partial charge in [-0.25, -0.2) is 15.0 Å². The lowest BCUT2D eigenvalue weighted by molar-refractivity contribution is -0.115. The second kappa shape index (κ2) is 12.2. The molecule has 1 aliphatic rings. The van der Waals surface area contributed by atoms with E-state index in [1.807, 2.05) is 6.07 Å². The number of ketones is 1. The normalized spacial score (nSPS) is 17.9. The summed E-state index contributed by atoms with van der Waals surface area (Å²) in [7, 11) is 3.06. The highest BCUT2D eigenvalue weighted by molar-refractivity contribution is 6.41. The number of rotatable bonds is 10. The van der Waals surface area contributed by atoms with Crippen LogP contribution in [0.15, 0.2) is 31.0 Å². The Labute approximate surface area is 244 Å². The Morgan fingerprint density at radius 3 is 2.45 bits per heavy atom. The van der Waals surface area contributed by atoms with Gasteiger partial charge in [-0.05, 0) is 24.5 Å². The van der Waals surface area contributed by atoms with Crippen molar-refractivity contribution >= 4 is 51.7 Å². The van der Waals surface area contributed by atoms with Crippen LogP contribution in [-0.2, 0) is 9.53 Å². The molecule has 1 saturated heterocycles. The maximum absolute atomic E-state index is 12.0. The molecule has 214 valence electrons. The molecule has 0 amide bonds. The molecule has 0 aliphatic carbocycles. The first-order valence-electron chi connectivity index (χ1n) is 13.0. The number of hydrogen-bond acceptors (Lipinski definition) is 9. The Bertz CT molecular complexity index is 1400. The molecular formula is C29H35Cl2N5O4. The molecule has 0 unspecified atom stereocenters. The second-order valence-electron chi connectivity index (χ2n) is 10.9. The van der Waals surface area contributed by atoms with Gasteiger partial charge in [-0.3, -0.25) is 4.79 Å². The van der Waals surface area contributed by atoms with Gasteiger partial charge in [0, 0.05) is 41.6 Å². The standard InChI is InChI=1S/C29H35Cl2N5O4/c1-8-18(37)9-17-13-40-14-20(17)35-28-32-12-16-10-19(23-24(30)21(38-6)11-22(39-7)25(23)31)34-27(26(16)36-28)33-15(2)29(3,4)5/h8,10-12,15,17,20H,1,9,13-14H2,2-7H3,(H,33,34)(H,32,35,36)/t15-,17-,20+/m0/s1. The summed E-state index contributed by atoms with van der Waals surface area (Å²) in [6.45, 7) is 13.0. The van der Waals surface area contributed by atoms with E-state index in [4.69, 9.17) is 47.4 Å². The van der Waals surface area contributed by atoms with Crippen molar-refractivity contribution in [1.29, 1.82) is 0 Å². The van der Waals surface area contributed by atoms with Gasteiger partial charge in [0.15, 0.2) is 11.6 Å². The minimum absolute atomic E-state index is 0.00358. The lowest BCUT2D eigenvalue weighted by Gasteiger charge is -2.29. The molecule has 3 heterocycles. The van der Waals surface area contributed by atoms with Crippen LogP contribution >= 0.6 is 23.2 Å². The maximum atomic E-state index is 12.0. The Kier molecular flexibility index (Phi) is 9.07. The van der Waals surface area contributed by atoms with E-state index in [1.54, 1.807) is 12.3 Å². The van der Waals surface area contributed by atoms with Crippen molar-refractivity contribution in [3.05, 3.63) is 41.0 Å². The molecule has 40 heavy (non-hydrogen) atoms. The first-order valence-corrected chi connectivity index (χ1v) is 13.8. The summed E-state index contributed by atoms with van der Waals surface area (Å²) in [4.78, 5) is 26.3. The molecular weight excluding hydrogens is 553 g/mol. The fourth-order valence-corrected chi connectivity index (χ4v) is 5.03. The number of fused-ring (bicyclic) bond motifs is 1. The molecule has 1 aliphatic heterocycles. The largest absolute Gasteiger partial charge is 0.495 e. The minimum Gasteiger partial charge on any atom is -0.495 e. The quantitative estimate of drug-likeness (QED) is 0.259. The molecule has 2 N–H and O–H groups in total. The number of nitrogens with one attached hydrogen (secondary N) is 2. The Morgan fingerprint density at radius 2 is 1.85 bits per heavy atom. The Morgan fingerprint density at radius 1 is 1.18 bits per heavy atom. The SMILES string of the molecule is C=CC(=O)C[C@H]1COC[C@H]1Nc1ncc2cc(-c3c(Cl)c(OC)cc(OC)c3Cl)nc(N[C@@H](C)C(C)(C)C)c2n1. The van der Waals surface area contributed by atoms with Gasteiger partial charge in [0.2, 0.25) is 5.95 Å². The third-order valence-corrected chi connectivity index (χ3v) is 8.00. The van der Waals surface area contributed by atoms with E-state index < -0.39 is 0 Å². The van der Waals surface area contributed by atoms with Crippen molar-refractivity contribution in [2.45, 2.75) is 46.2 Å². The summed E-state index contributed by atoms with van der Waals surface area (Å²) in [5.41, 5.74) is 1.54. The summed E-state index contributed by atoms with van der Waals surface area (Å²) in [5, 5.41) is 8.25. The number of aromatic nitrogens is 3. The van der Waals surface area contributed by atoms with Crippen LogP contribution in [-0.4, -0.2) is 60.3 Å². The van der Waals surface area contributed by atoms with E-state index in [9.17, 15) is 4.79 Å². The van der Waals surface area contributed by atoms with Crippen molar-refractivity contribution < 1.29 is 19.0 Å². The van der Waals surface area contributed by atoms with E-state index in [2.05, 4.69) is 49.9 Å². The molecule has 0 spiro atoms. The fourth-order valence-electron chi connectivity index (χ4n) is 4.34. The van der Waals surface area contributed by atoms with Gasteiger partial charge in [-0.2, -0.15) is 0 Å². The van der Waals surface area contributed by atoms with Crippen LogP contribution in [0.3, 0.4) is 0 Å². The highest BCUT2D eigenvalue weighted by atomic mass is 35.5. The van der Waals surface area contributed by atoms with Crippen LogP contribution in [0.2, 0.25) is 10.0 Å². The van der Waals surface area contributed by atoms with Gasteiger partial charge in [-0.15, -0.1) is 0 Å². The van der Waals surface area contributed by atoms with E-state index in [-0.39, 0.29) is 29.2 Å². The highest BCUT2D eigenvalue weighted by Crippen LogP contribution is 2.46. The van der Waals surface area contributed by atoms with Crippen molar-refractivity contribution in [2.75, 3.05) is 38.1 Å². The maximum Gasteiger partial charge on any atom is 0.223 e. The minimum atomic E-state index is -0.111. The van der Waals surface area contributed by atoms with Crippen LogP contribution in [0.1, 0.15) is 34.1 Å². The predicted molar refractivity (Wildman–Crippen MR) is 160 cm³/mol. The number of allylic oxidation sites excluding steroid dienone is 1. The molecule has 1 fully saturated rings. The highest BCUT2D eigenvalue weighted by Gasteiger charge is 2.30. The van der Waals surface area contributed by atoms with Gasteiger partial charge in [-0.1, -0.05) is 50.6 Å². The van der Waals surface area contributed by atoms with Gasteiger partial charge < -0.3 is 24.8 Å². The van der Waals surface area contributed by atoms with Crippen LogP contribution < -0.4 is 20.1 Å². The monoisotopic (exact) mass is 587 g/mol. The molecule has 3 aromatic rings. The average Bonchev–Trinajstić information content (AvgIpc) is 3.34. The lowest BCUT2D eigenvalue weighted by Crippen LogP contribution is -2.31. The van der Waals surface area contributed by atoms with Gasteiger partial charge in [0.1, 0.15) is 17.0 Å². The first kappa shape index (κ1) is 29.8. The number of halogens is 2. The van der Waals surface area contributed by atoms with E-state index in [0.29, 0.717) is 69.7 Å². The van der Waals surface area contributed by atoms with Crippen molar-refractivity contribution in [3.8, 4) is 22.8 Å². The number of methoxy groups -OCH3 is 2. The molecule has 2 aromatic heterocycles. The summed E-state index contributed by atoms with van der Waals surface area (Å²) in [6, 6.07) is 3.40. The number of anilines is 2. The number of hydrogen-bond donors (Lipinski definition) is 2. The molecule has 0 bridgehead atoms. The van der Waals surface area contributed by atoms with Crippen molar-refractivity contribution in [2.24, 2.45) is 11.3 Å². The predicted octanol–water partition coefficient (Wildman–Crippen LogP) is 6.43. The Balaban J connectivity index is 1.82. The summed E-state index contributed by atoms with van der Waals surface area (Å²) in [5.74, 6) is 1.77. The van der Waals surface area contributed by atoms with Crippen LogP contribution in [0.5, 0.6) is 11.5 Å². The zero-order valence-corrected chi connectivity index (χ0v) is 25.1. The molecule has 1 aromatic carbocycles. The fraction of sp³-hybridized carbons (Fsp3) is 0.448. The van der Waals surface area contributed by atoms with E-state index in [1.165, 1.54) is 20.3 Å². The number of carbonyl (C=O) groups excluding carboxylic acids is 1. The van der Waals surface area contributed by atoms with Gasteiger partial charge in [0.25, 0.3) is 0 Å². The third-order valence-electron chi connectivity index (χ3n) is 7.25. The van der Waals surface area contributed by atoms with Crippen LogP contribution in [0.25, 0.3) is 22.2 Å². The molecule has 0 radical (unpaired) electrons. The zero-order valence-electron chi connectivity index (χ0n) is 23.6. The van der Waals surface area contributed by atoms with Gasteiger partial charge >= 0.3 is 0 Å². The summed E-state index contributed by atoms with van der Waals surface area (Å²) >= 11 is 13.5. The average molecular weight is 589 g/mol. The van der Waals surface area contributed by atoms with Gasteiger partial charge in [0.05, 0.1) is 49.2 Å². The Hall–Kier alpha value is -3.14. The third kappa shape index (κ3) is 6.27. The van der Waals surface area contributed by atoms with Crippen LogP contribution in [0.4, 0.5) is 11.8 Å². The number of ether oxygens (including phenoxy) is 3. The molecule has 0 saturated carbocycles. The zero-order chi connectivity index (χ0) is 29.2. The number of pyridine rings is 1. The topological polar surface area (TPSA) is 107 Å². The molecule has 9 nitrogen and oxygen atoms in total. The van der Waals surface area contributed by atoms with Crippen LogP contribution in [0, 0.1) is 11.3 Å². The van der Waals surface area contributed by atoms with Crippen molar-refractivity contribution in [1.82, 2.24) is 15.0 Å². The molecule has 11 heteroatoms. The van der Waals surface area contributed by atoms with E-state index in [0.717, 1.165) is 5.39 Å².